The molecule has 0 radical (unpaired) electrons. The monoisotopic (exact) mass is 2160 g/mol. The van der Waals surface area contributed by atoms with Gasteiger partial charge in [-0.3, -0.25) is 37.9 Å². The fraction of sp³-hybridized carbons (Fsp3) is 0.412. The van der Waals surface area contributed by atoms with Crippen LogP contribution in [0.25, 0.3) is 0 Å². The summed E-state index contributed by atoms with van der Waals surface area (Å²) in [5.74, 6) is 5.22. The van der Waals surface area contributed by atoms with Crippen molar-refractivity contribution in [2.24, 2.45) is 39.7 Å². The van der Waals surface area contributed by atoms with Gasteiger partial charge >= 0.3 is 13.1 Å². The van der Waals surface area contributed by atoms with Gasteiger partial charge in [0.2, 0.25) is 0 Å². The van der Waals surface area contributed by atoms with Crippen LogP contribution in [0.5, 0.6) is 0 Å². The lowest BCUT2D eigenvalue weighted by Crippen LogP contribution is -2.54. The van der Waals surface area contributed by atoms with E-state index in [0.717, 1.165) is 161 Å². The largest absolute Gasteiger partial charge is 0.465 e. The molecule has 15 heterocycles. The maximum atomic E-state index is 13.4. The highest BCUT2D eigenvalue weighted by Crippen LogP contribution is 2.46. The molecular weight excluding hydrogens is 2050 g/mol. The third kappa shape index (κ3) is 23.7. The van der Waals surface area contributed by atoms with Gasteiger partial charge in [0.15, 0.2) is 46.0 Å². The first-order chi connectivity index (χ1) is 70.4. The highest BCUT2D eigenvalue weighted by atomic mass is 79.9. The van der Waals surface area contributed by atoms with E-state index in [9.17, 15) is 39.8 Å². The number of ether oxygens (including phenoxy) is 1. The topological polar surface area (TPSA) is 504 Å². The highest BCUT2D eigenvalue weighted by Gasteiger charge is 2.45. The highest BCUT2D eigenvalue weighted by molar-refractivity contribution is 9.10. The Morgan fingerprint density at radius 3 is 1.13 bits per heavy atom. The van der Waals surface area contributed by atoms with Gasteiger partial charge in [-0.15, -0.1) is 0 Å². The van der Waals surface area contributed by atoms with Crippen molar-refractivity contribution in [1.82, 2.24) is 93.7 Å². The number of hydrogen-bond donors (Lipinski definition) is 8. The average Bonchev–Trinajstić information content (AvgIpc) is 1.61. The second-order valence-corrected chi connectivity index (χ2v) is 40.7. The number of halogens is 3. The molecule has 7 aliphatic heterocycles. The van der Waals surface area contributed by atoms with E-state index in [2.05, 4.69) is 209 Å². The number of piperidine rings is 4. The van der Waals surface area contributed by atoms with Gasteiger partial charge < -0.3 is 81.8 Å². The van der Waals surface area contributed by atoms with Crippen LogP contribution >= 0.6 is 47.8 Å². The Labute approximate surface area is 871 Å². The predicted molar refractivity (Wildman–Crippen MR) is 562 cm³/mol. The number of nitrogens with zero attached hydrogens (tertiary/aromatic N) is 26. The van der Waals surface area contributed by atoms with E-state index >= 15 is 0 Å². The predicted octanol–water partition coefficient (Wildman–Crippen LogP) is 14.2. The number of hydrogen-bond acceptors (Lipinski definition) is 32. The Morgan fingerprint density at radius 2 is 0.795 bits per heavy atom. The van der Waals surface area contributed by atoms with Crippen molar-refractivity contribution in [2.75, 3.05) is 74.2 Å². The van der Waals surface area contributed by atoms with Crippen molar-refractivity contribution < 1.29 is 38.8 Å². The molecule has 3 aliphatic carbocycles. The summed E-state index contributed by atoms with van der Waals surface area (Å²) >= 11 is 10.2. The summed E-state index contributed by atoms with van der Waals surface area (Å²) < 4.78 is 13.3. The van der Waals surface area contributed by atoms with Crippen molar-refractivity contribution in [3.8, 4) is 18.2 Å². The number of nitriles is 3. The summed E-state index contributed by atoms with van der Waals surface area (Å²) in [5, 5.41) is 74.5. The molecule has 756 valence electrons. The van der Waals surface area contributed by atoms with E-state index in [1.807, 2.05) is 104 Å². The second kappa shape index (κ2) is 45.5. The Bertz CT molecular complexity index is 6970. The van der Waals surface area contributed by atoms with Gasteiger partial charge in [-0.25, -0.2) is 44.7 Å². The van der Waals surface area contributed by atoms with Crippen LogP contribution in [-0.4, -0.2) is 222 Å². The quantitative estimate of drug-likeness (QED) is 0.0188. The lowest BCUT2D eigenvalue weighted by atomic mass is 9.84. The van der Waals surface area contributed by atoms with Crippen LogP contribution in [0.3, 0.4) is 0 Å². The van der Waals surface area contributed by atoms with Gasteiger partial charge in [0, 0.05) is 160 Å². The van der Waals surface area contributed by atoms with E-state index in [0.29, 0.717) is 88.8 Å². The fourth-order valence-corrected chi connectivity index (χ4v) is 21.3. The number of esters is 1. The molecule has 12 aromatic rings. The van der Waals surface area contributed by atoms with E-state index < -0.39 is 13.0 Å². The molecule has 8 atom stereocenters. The van der Waals surface area contributed by atoms with Gasteiger partial charge in [0.05, 0.1) is 103 Å². The third-order valence-corrected chi connectivity index (χ3v) is 29.9. The standard InChI is InChI=1S/C26H30N8O2.C26H28N8O.C23H23BrN8O.C15H20N8.C9H8Br2O2.C3H7BO2/c1-15-21(34-13-18-10-17(16-5-6-16)7-8-20(18)26(34)36)4-3-9-33(15)22-12-28-23(24(27)35)25(31-22)30-19-11-29-32(2)14-19;1-16-23(34-14-19-10-18(17-5-6-17)7-8-21(19)26(34)35)4-3-9-33(16)24-13-28-22(11-27)25(31-24)30-20-12-29-32(2)15-20;1-14-20(32-12-15-8-16(24)5-6-18(15)23(32)33)4-3-7-31(14)21-11-26-19(9-25)22(29-21)28-17-10-27-30(2)13-17;1-10-12(17)4-3-5-23(10)14-8-18-13(6-16)15(21-14)20-11-7-19-22(2)9-11;1-13-9(12)8-3-2-7(11)4-6(8)5-10;5-4(6)3-1-2-3/h7-8,10-12,14-16,21H,3-6,9,13H2,1-2H3,(H2,27,35)(H,30,31);7-8,10,12-13,15-17,23H,3-6,9,14H2,1-2H3,(H,30,31);5-6,8,10-11,13-14,20H,3-4,7,12H2,1-2H3,(H,28,29);7-10,12H,3-5,17H2,1-2H3,(H,20,21);2-4H,5H2,1H3;3,5-6H,1-2H2/t15-,21-;16-,23-;14-,20-;10-,12-;;/m1111../s1. The van der Waals surface area contributed by atoms with E-state index in [4.69, 9.17) is 36.5 Å². The van der Waals surface area contributed by atoms with Crippen LogP contribution in [0.2, 0.25) is 5.82 Å². The zero-order valence-corrected chi connectivity index (χ0v) is 87.4. The third-order valence-electron chi connectivity index (χ3n) is 28.3. The summed E-state index contributed by atoms with van der Waals surface area (Å²) in [4.78, 5) is 114. The molecule has 40 nitrogen and oxygen atoms in total. The molecule has 0 bridgehead atoms. The number of primary amides is 1. The number of fused-ring (bicyclic) bond motifs is 3. The van der Waals surface area contributed by atoms with Crippen molar-refractivity contribution in [2.45, 2.75) is 209 Å². The zero-order valence-electron chi connectivity index (χ0n) is 82.6. The molecule has 0 unspecified atom stereocenters. The van der Waals surface area contributed by atoms with Crippen LogP contribution < -0.4 is 52.3 Å². The Morgan fingerprint density at radius 1 is 0.452 bits per heavy atom. The van der Waals surface area contributed by atoms with E-state index in [1.165, 1.54) is 43.9 Å². The molecule has 4 amide bonds. The van der Waals surface area contributed by atoms with Crippen molar-refractivity contribution in [1.29, 1.82) is 15.8 Å². The number of aryl methyl sites for hydroxylation is 4. The number of nitrogens with one attached hydrogen (secondary N) is 4. The van der Waals surface area contributed by atoms with Gasteiger partial charge in [0.25, 0.3) is 23.6 Å². The first kappa shape index (κ1) is 103. The Kier molecular flexibility index (Phi) is 32.1. The minimum atomic E-state index is -1.04. The molecule has 4 saturated heterocycles. The average molecular weight is 2170 g/mol. The van der Waals surface area contributed by atoms with Crippen LogP contribution in [-0.2, 0) is 57.9 Å². The fourth-order valence-electron chi connectivity index (χ4n) is 20.0. The maximum absolute atomic E-state index is 13.4. The van der Waals surface area contributed by atoms with Crippen LogP contribution in [0.4, 0.5) is 69.3 Å². The molecule has 3 saturated carbocycles. The van der Waals surface area contributed by atoms with Crippen LogP contribution in [0, 0.1) is 34.0 Å². The number of methoxy groups -OCH3 is 1. The summed E-state index contributed by atoms with van der Waals surface area (Å²) in [6.07, 6.45) is 35.1. The molecule has 10 aliphatic rings. The van der Waals surface area contributed by atoms with Gasteiger partial charge in [-0.1, -0.05) is 84.9 Å². The van der Waals surface area contributed by atoms with Crippen molar-refractivity contribution in [3.63, 3.8) is 0 Å². The number of benzene rings is 4. The molecule has 7 fully saturated rings. The number of rotatable bonds is 21. The minimum Gasteiger partial charge on any atom is -0.465 e. The summed E-state index contributed by atoms with van der Waals surface area (Å²) in [5.41, 5.74) is 25.5. The van der Waals surface area contributed by atoms with E-state index in [1.54, 1.807) is 80.6 Å². The number of nitrogens with two attached hydrogens (primary N) is 2. The number of anilines is 12. The molecule has 44 heteroatoms. The number of amides is 4. The number of carbonyl (C=O) groups is 5. The molecule has 10 N–H and O–H groups in total. The Hall–Kier alpha value is -14.4. The summed E-state index contributed by atoms with van der Waals surface area (Å²) in [6.45, 7) is 13.8. The normalized spacial score (nSPS) is 20.1. The van der Waals surface area contributed by atoms with Crippen LogP contribution in [0.15, 0.2) is 156 Å². The first-order valence-electron chi connectivity index (χ1n) is 49.0. The van der Waals surface area contributed by atoms with Gasteiger partial charge in [-0.2, -0.15) is 36.2 Å². The lowest BCUT2D eigenvalue weighted by Gasteiger charge is -2.43. The maximum Gasteiger partial charge on any atom is 0.454 e. The molecular formula is C102H116BBr3N32O8. The van der Waals surface area contributed by atoms with Crippen LogP contribution in [0.1, 0.15) is 232 Å². The molecule has 146 heavy (non-hydrogen) atoms. The minimum absolute atomic E-state index is 0.0277. The lowest BCUT2D eigenvalue weighted by molar-refractivity contribution is 0.0596. The van der Waals surface area contributed by atoms with Gasteiger partial charge in [0.1, 0.15) is 41.5 Å². The van der Waals surface area contributed by atoms with Crippen molar-refractivity contribution in [3.05, 3.63) is 235 Å². The number of carbonyl (C=O) groups excluding carboxylic acids is 5. The van der Waals surface area contributed by atoms with Gasteiger partial charge in [-0.05, 0) is 204 Å². The summed E-state index contributed by atoms with van der Waals surface area (Å²) in [6, 6.07) is 31.0. The van der Waals surface area contributed by atoms with E-state index in [-0.39, 0.29) is 101 Å². The summed E-state index contributed by atoms with van der Waals surface area (Å²) in [7, 11) is 7.63. The number of aromatic nitrogens is 16. The second-order valence-electron chi connectivity index (χ2n) is 38.3. The molecule has 8 aromatic heterocycles. The first-order valence-corrected chi connectivity index (χ1v) is 51.7. The number of alkyl halides is 1. The SMILES string of the molecule is COC(=O)c1ccc(Br)cc1CBr.C[C@@H]1[C@H](N)CCCN1c1cnc(C#N)c(Nc2cnn(C)c2)n1.C[C@@H]1[C@H](N2Cc3cc(Br)ccc3C2=O)CCCN1c1cnc(C#N)c(Nc2cnn(C)c2)n1.C[C@@H]1[C@H](N2Cc3cc(C4CC4)ccc3C2=O)CCCN1c1cnc(C#N)c(Nc2cnn(C)c2)n1.C[C@@H]1[C@H](N2Cc3cc(C4CC4)ccc3C2=O)CCCN1c1cnc(C(N)=O)c(Nc2cnn(C)c2)n1.OB(O)C1CC1. The molecule has 0 spiro atoms. The zero-order chi connectivity index (χ0) is 103. The smallest absolute Gasteiger partial charge is 0.454 e. The van der Waals surface area contributed by atoms with Crippen molar-refractivity contribution >= 4 is 154 Å². The molecule has 22 rings (SSSR count). The molecule has 4 aromatic carbocycles. The Balaban J connectivity index is 0.000000126.